The summed E-state index contributed by atoms with van der Waals surface area (Å²) in [6.45, 7) is 5.82. The van der Waals surface area contributed by atoms with E-state index in [0.29, 0.717) is 17.9 Å². The van der Waals surface area contributed by atoms with Crippen LogP contribution in [0.2, 0.25) is 5.15 Å². The molecule has 2 rings (SSSR count). The minimum absolute atomic E-state index is 0.113. The zero-order valence-corrected chi connectivity index (χ0v) is 15.0. The van der Waals surface area contributed by atoms with E-state index < -0.39 is 0 Å². The number of hydrogen-bond donors (Lipinski definition) is 1. The normalized spacial score (nSPS) is 10.5. The van der Waals surface area contributed by atoms with Crippen molar-refractivity contribution in [3.63, 3.8) is 0 Å². The van der Waals surface area contributed by atoms with Crippen molar-refractivity contribution >= 4 is 35.2 Å². The molecule has 0 aliphatic heterocycles. The average molecular weight is 356 g/mol. The molecule has 0 saturated heterocycles. The van der Waals surface area contributed by atoms with Gasteiger partial charge in [0.25, 0.3) is 0 Å². The van der Waals surface area contributed by atoms with Crippen molar-refractivity contribution in [3.8, 4) is 6.07 Å². The highest BCUT2D eigenvalue weighted by Gasteiger charge is 2.11. The quantitative estimate of drug-likeness (QED) is 0.503. The number of aromatic nitrogens is 1. The molecular formula is C18H18ClN5O. The number of hydrazone groups is 1. The lowest BCUT2D eigenvalue weighted by Gasteiger charge is -2.17. The van der Waals surface area contributed by atoms with Crippen molar-refractivity contribution in [3.05, 3.63) is 52.2 Å². The van der Waals surface area contributed by atoms with Crippen LogP contribution in [0.1, 0.15) is 30.5 Å². The van der Waals surface area contributed by atoms with Gasteiger partial charge < -0.3 is 5.32 Å². The molecule has 2 aromatic rings. The molecule has 0 atom stereocenters. The summed E-state index contributed by atoms with van der Waals surface area (Å²) in [5.74, 6) is 0.466. The van der Waals surface area contributed by atoms with Gasteiger partial charge in [0.1, 0.15) is 11.2 Å². The molecule has 0 radical (unpaired) electrons. The predicted molar refractivity (Wildman–Crippen MR) is 100 cm³/mol. The standard InChI is InChI=1S/C18H18ClN5O/c1-4-24(17-9-12(2)16(10-20)18(19)23-17)21-11-14-5-7-15(8-6-14)22-13(3)25/h5-9,11H,4H2,1-3H3,(H,22,25). The zero-order valence-electron chi connectivity index (χ0n) is 14.2. The molecule has 0 saturated carbocycles. The fraction of sp³-hybridized carbons (Fsp3) is 0.222. The Kier molecular flexibility index (Phi) is 6.09. The van der Waals surface area contributed by atoms with Crippen molar-refractivity contribution in [1.82, 2.24) is 4.98 Å². The van der Waals surface area contributed by atoms with Gasteiger partial charge in [0.05, 0.1) is 11.8 Å². The second-order valence-corrected chi connectivity index (χ2v) is 5.70. The van der Waals surface area contributed by atoms with Gasteiger partial charge in [-0.15, -0.1) is 0 Å². The van der Waals surface area contributed by atoms with E-state index in [0.717, 1.165) is 16.8 Å². The summed E-state index contributed by atoms with van der Waals surface area (Å²) in [5.41, 5.74) is 2.74. The number of anilines is 2. The maximum atomic E-state index is 11.0. The molecule has 0 spiro atoms. The van der Waals surface area contributed by atoms with Crippen LogP contribution in [0.25, 0.3) is 0 Å². The lowest BCUT2D eigenvalue weighted by atomic mass is 10.2. The van der Waals surface area contributed by atoms with Crippen LogP contribution < -0.4 is 10.3 Å². The third-order valence-corrected chi connectivity index (χ3v) is 3.69. The molecule has 0 aliphatic rings. The zero-order chi connectivity index (χ0) is 18.4. The second-order valence-electron chi connectivity index (χ2n) is 5.34. The monoisotopic (exact) mass is 355 g/mol. The Morgan fingerprint density at radius 1 is 1.44 bits per heavy atom. The molecule has 7 heteroatoms. The summed E-state index contributed by atoms with van der Waals surface area (Å²) >= 11 is 6.07. The number of nitrogens with one attached hydrogen (secondary N) is 1. The van der Waals surface area contributed by atoms with Crippen LogP contribution in [-0.4, -0.2) is 23.7 Å². The van der Waals surface area contributed by atoms with Gasteiger partial charge in [-0.25, -0.2) is 9.99 Å². The minimum atomic E-state index is -0.113. The van der Waals surface area contributed by atoms with E-state index in [9.17, 15) is 4.79 Å². The minimum Gasteiger partial charge on any atom is -0.326 e. The van der Waals surface area contributed by atoms with Gasteiger partial charge in [0.15, 0.2) is 5.82 Å². The van der Waals surface area contributed by atoms with Gasteiger partial charge in [-0.1, -0.05) is 23.7 Å². The Balaban J connectivity index is 2.20. The Labute approximate surface area is 151 Å². The number of aryl methyl sites for hydroxylation is 1. The molecule has 1 amide bonds. The molecule has 128 valence electrons. The molecule has 1 aromatic carbocycles. The molecule has 0 aliphatic carbocycles. The van der Waals surface area contributed by atoms with Gasteiger partial charge in [-0.3, -0.25) is 4.79 Å². The largest absolute Gasteiger partial charge is 0.326 e. The molecule has 0 bridgehead atoms. The number of carbonyl (C=O) groups excluding carboxylic acids is 1. The highest BCUT2D eigenvalue weighted by atomic mass is 35.5. The number of rotatable bonds is 5. The van der Waals surface area contributed by atoms with Crippen molar-refractivity contribution in [2.75, 3.05) is 16.9 Å². The van der Waals surface area contributed by atoms with Crippen LogP contribution in [-0.2, 0) is 4.79 Å². The smallest absolute Gasteiger partial charge is 0.221 e. The van der Waals surface area contributed by atoms with Crippen LogP contribution in [0.3, 0.4) is 0 Å². The lowest BCUT2D eigenvalue weighted by molar-refractivity contribution is -0.114. The average Bonchev–Trinajstić information content (AvgIpc) is 2.56. The first-order valence-corrected chi connectivity index (χ1v) is 8.08. The first-order chi connectivity index (χ1) is 11.9. The van der Waals surface area contributed by atoms with Crippen LogP contribution in [0, 0.1) is 18.3 Å². The number of benzene rings is 1. The van der Waals surface area contributed by atoms with E-state index in [-0.39, 0.29) is 11.1 Å². The fourth-order valence-electron chi connectivity index (χ4n) is 2.18. The first kappa shape index (κ1) is 18.4. The van der Waals surface area contributed by atoms with Crippen molar-refractivity contribution in [2.24, 2.45) is 5.10 Å². The highest BCUT2D eigenvalue weighted by Crippen LogP contribution is 2.23. The van der Waals surface area contributed by atoms with E-state index in [1.54, 1.807) is 29.4 Å². The summed E-state index contributed by atoms with van der Waals surface area (Å²) < 4.78 is 0. The van der Waals surface area contributed by atoms with E-state index in [4.69, 9.17) is 16.9 Å². The van der Waals surface area contributed by atoms with Crippen molar-refractivity contribution in [1.29, 1.82) is 5.26 Å². The highest BCUT2D eigenvalue weighted by molar-refractivity contribution is 6.30. The maximum Gasteiger partial charge on any atom is 0.221 e. The fourth-order valence-corrected chi connectivity index (χ4v) is 2.46. The third-order valence-electron chi connectivity index (χ3n) is 3.41. The Morgan fingerprint density at radius 3 is 2.64 bits per heavy atom. The van der Waals surface area contributed by atoms with Gasteiger partial charge in [-0.2, -0.15) is 10.4 Å². The molecule has 25 heavy (non-hydrogen) atoms. The van der Waals surface area contributed by atoms with Crippen LogP contribution in [0.15, 0.2) is 35.4 Å². The Hall–Kier alpha value is -2.91. The maximum absolute atomic E-state index is 11.0. The SMILES string of the molecule is CCN(N=Cc1ccc(NC(C)=O)cc1)c1cc(C)c(C#N)c(Cl)n1. The molecular weight excluding hydrogens is 338 g/mol. The lowest BCUT2D eigenvalue weighted by Crippen LogP contribution is -2.17. The number of hydrogen-bond acceptors (Lipinski definition) is 5. The van der Waals surface area contributed by atoms with E-state index in [1.165, 1.54) is 6.92 Å². The summed E-state index contributed by atoms with van der Waals surface area (Å²) in [6.07, 6.45) is 1.70. The van der Waals surface area contributed by atoms with Gasteiger partial charge in [-0.05, 0) is 43.2 Å². The molecule has 1 aromatic heterocycles. The van der Waals surface area contributed by atoms with Crippen molar-refractivity contribution in [2.45, 2.75) is 20.8 Å². The summed E-state index contributed by atoms with van der Waals surface area (Å²) in [6, 6.07) is 11.1. The number of amides is 1. The van der Waals surface area contributed by atoms with Crippen molar-refractivity contribution < 1.29 is 4.79 Å². The number of nitrogens with zero attached hydrogens (tertiary/aromatic N) is 4. The number of pyridine rings is 1. The van der Waals surface area contributed by atoms with Crippen LogP contribution in [0.4, 0.5) is 11.5 Å². The van der Waals surface area contributed by atoms with Gasteiger partial charge in [0, 0.05) is 19.2 Å². The summed E-state index contributed by atoms with van der Waals surface area (Å²) in [4.78, 5) is 15.3. The topological polar surface area (TPSA) is 81.4 Å². The summed E-state index contributed by atoms with van der Waals surface area (Å²) in [7, 11) is 0. The third kappa shape index (κ3) is 4.78. The first-order valence-electron chi connectivity index (χ1n) is 7.71. The molecule has 6 nitrogen and oxygen atoms in total. The predicted octanol–water partition coefficient (Wildman–Crippen LogP) is 3.73. The van der Waals surface area contributed by atoms with Gasteiger partial charge >= 0.3 is 0 Å². The van der Waals surface area contributed by atoms with E-state index in [2.05, 4.69) is 15.4 Å². The van der Waals surface area contributed by atoms with E-state index in [1.807, 2.05) is 32.0 Å². The summed E-state index contributed by atoms with van der Waals surface area (Å²) in [5, 5.41) is 18.1. The Morgan fingerprint density at radius 2 is 2.12 bits per heavy atom. The van der Waals surface area contributed by atoms with Crippen LogP contribution in [0.5, 0.6) is 0 Å². The van der Waals surface area contributed by atoms with E-state index >= 15 is 0 Å². The van der Waals surface area contributed by atoms with Crippen LogP contribution >= 0.6 is 11.6 Å². The second kappa shape index (κ2) is 8.27. The molecule has 0 fully saturated rings. The number of halogens is 1. The number of carbonyl (C=O) groups is 1. The Bertz CT molecular complexity index is 817. The molecule has 1 N–H and O–H groups in total. The molecule has 0 unspecified atom stereocenters. The van der Waals surface area contributed by atoms with Gasteiger partial charge in [0.2, 0.25) is 5.91 Å². The number of nitriles is 1. The molecule has 1 heterocycles.